The first-order valence-corrected chi connectivity index (χ1v) is 9.37. The van der Waals surface area contributed by atoms with E-state index in [4.69, 9.17) is 11.6 Å². The van der Waals surface area contributed by atoms with E-state index in [1.807, 2.05) is 13.0 Å². The molecule has 3 aromatic heterocycles. The Balaban J connectivity index is 1.96. The van der Waals surface area contributed by atoms with E-state index in [9.17, 15) is 13.2 Å². The number of nitrogens with zero attached hydrogens (tertiary/aromatic N) is 5. The fraction of sp³-hybridized carbons (Fsp3) is 0.235. The summed E-state index contributed by atoms with van der Waals surface area (Å²) in [4.78, 5) is 8.32. The molecule has 0 aliphatic rings. The number of thioether (sulfide) groups is 1. The molecule has 0 aliphatic carbocycles. The third kappa shape index (κ3) is 3.04. The molecule has 0 bridgehead atoms. The molecule has 0 unspecified atom stereocenters. The molecule has 1 aromatic carbocycles. The summed E-state index contributed by atoms with van der Waals surface area (Å²) >= 11 is 7.63. The van der Waals surface area contributed by atoms with E-state index in [0.29, 0.717) is 22.1 Å². The van der Waals surface area contributed by atoms with Gasteiger partial charge in [-0.3, -0.25) is 4.57 Å². The Morgan fingerprint density at radius 3 is 2.67 bits per heavy atom. The molecule has 10 heteroatoms. The van der Waals surface area contributed by atoms with Crippen LogP contribution in [0.1, 0.15) is 12.5 Å². The number of hydrogen-bond acceptors (Lipinski definition) is 4. The van der Waals surface area contributed by atoms with Crippen molar-refractivity contribution in [2.75, 3.05) is 5.75 Å². The molecular weight excluding hydrogens is 399 g/mol. The van der Waals surface area contributed by atoms with Crippen molar-refractivity contribution in [2.24, 2.45) is 7.05 Å². The summed E-state index contributed by atoms with van der Waals surface area (Å²) in [6.07, 6.45) is -3.66. The third-order valence-corrected chi connectivity index (χ3v) is 5.26. The number of alkyl halides is 3. The second-order valence-corrected chi connectivity index (χ2v) is 7.54. The van der Waals surface area contributed by atoms with Gasteiger partial charge in [-0.25, -0.2) is 9.97 Å². The zero-order valence-corrected chi connectivity index (χ0v) is 15.8. The predicted molar refractivity (Wildman–Crippen MR) is 99.5 cm³/mol. The maximum Gasteiger partial charge on any atom is 0.417 e. The quantitative estimate of drug-likeness (QED) is 0.440. The van der Waals surface area contributed by atoms with Gasteiger partial charge in [-0.05, 0) is 30.0 Å². The van der Waals surface area contributed by atoms with Crippen molar-refractivity contribution in [1.82, 2.24) is 24.3 Å². The molecule has 27 heavy (non-hydrogen) atoms. The Bertz CT molecular complexity index is 1160. The summed E-state index contributed by atoms with van der Waals surface area (Å²) < 4.78 is 42.2. The molecule has 0 N–H and O–H groups in total. The lowest BCUT2D eigenvalue weighted by Crippen LogP contribution is -2.07. The molecule has 0 aliphatic heterocycles. The number of halogens is 4. The summed E-state index contributed by atoms with van der Waals surface area (Å²) in [6, 6.07) is 6.40. The minimum Gasteiger partial charge on any atom is -0.296 e. The van der Waals surface area contributed by atoms with Gasteiger partial charge in [0.05, 0.1) is 11.1 Å². The van der Waals surface area contributed by atoms with Gasteiger partial charge >= 0.3 is 6.18 Å². The minimum atomic E-state index is -4.47. The summed E-state index contributed by atoms with van der Waals surface area (Å²) in [6.45, 7) is 2.01. The lowest BCUT2D eigenvalue weighted by Gasteiger charge is -2.06. The van der Waals surface area contributed by atoms with E-state index in [1.165, 1.54) is 0 Å². The molecule has 0 atom stereocenters. The number of pyridine rings is 1. The van der Waals surface area contributed by atoms with E-state index in [0.717, 1.165) is 28.4 Å². The monoisotopic (exact) mass is 411 g/mol. The average molecular weight is 412 g/mol. The number of imidazole rings is 1. The van der Waals surface area contributed by atoms with Crippen molar-refractivity contribution in [3.63, 3.8) is 0 Å². The van der Waals surface area contributed by atoms with Gasteiger partial charge in [0.15, 0.2) is 5.65 Å². The highest BCUT2D eigenvalue weighted by Crippen LogP contribution is 2.33. The molecule has 5 nitrogen and oxygen atoms in total. The zero-order valence-electron chi connectivity index (χ0n) is 14.3. The first-order chi connectivity index (χ1) is 12.8. The van der Waals surface area contributed by atoms with Crippen molar-refractivity contribution in [1.29, 1.82) is 0 Å². The van der Waals surface area contributed by atoms with E-state index in [-0.39, 0.29) is 5.52 Å². The lowest BCUT2D eigenvalue weighted by atomic mass is 10.2. The fourth-order valence-corrected chi connectivity index (χ4v) is 3.87. The smallest absolute Gasteiger partial charge is 0.296 e. The first kappa shape index (κ1) is 18.1. The molecule has 4 rings (SSSR count). The number of hydrogen-bond donors (Lipinski definition) is 0. The highest BCUT2D eigenvalue weighted by atomic mass is 35.5. The van der Waals surface area contributed by atoms with Crippen LogP contribution in [0, 0.1) is 0 Å². The van der Waals surface area contributed by atoms with E-state index >= 15 is 0 Å². The van der Waals surface area contributed by atoms with Gasteiger partial charge in [0.2, 0.25) is 5.95 Å². The van der Waals surface area contributed by atoms with Gasteiger partial charge in [-0.15, -0.1) is 11.8 Å². The summed E-state index contributed by atoms with van der Waals surface area (Å²) in [7, 11) is 1.70. The number of benzene rings is 1. The Kier molecular flexibility index (Phi) is 4.31. The van der Waals surface area contributed by atoms with Crippen LogP contribution in [0.15, 0.2) is 35.5 Å². The Labute approximate surface area is 161 Å². The molecule has 0 spiro atoms. The molecule has 0 amide bonds. The first-order valence-electron chi connectivity index (χ1n) is 8.00. The van der Waals surface area contributed by atoms with Crippen LogP contribution in [-0.2, 0) is 13.2 Å². The zero-order chi connectivity index (χ0) is 19.3. The highest BCUT2D eigenvalue weighted by Gasteiger charge is 2.32. The number of aromatic nitrogens is 5. The molecule has 4 aromatic rings. The molecular formula is C17H13ClF3N5S. The molecule has 0 fully saturated rings. The second-order valence-electron chi connectivity index (χ2n) is 5.85. The van der Waals surface area contributed by atoms with Crippen molar-refractivity contribution in [3.05, 3.63) is 41.0 Å². The summed E-state index contributed by atoms with van der Waals surface area (Å²) in [5, 5.41) is 6.88. The Morgan fingerprint density at radius 2 is 1.96 bits per heavy atom. The van der Waals surface area contributed by atoms with Gasteiger partial charge in [0.1, 0.15) is 10.5 Å². The van der Waals surface area contributed by atoms with Crippen LogP contribution in [-0.4, -0.2) is 30.1 Å². The maximum atomic E-state index is 13.0. The predicted octanol–water partition coefficient (Wildman–Crippen LogP) is 5.09. The number of aryl methyl sites for hydroxylation is 1. The molecule has 140 valence electrons. The molecule has 3 heterocycles. The molecule has 0 saturated heterocycles. The third-order valence-electron chi connectivity index (χ3n) is 4.07. The minimum absolute atomic E-state index is 0.160. The topological polar surface area (TPSA) is 48.5 Å². The van der Waals surface area contributed by atoms with Crippen LogP contribution in [0.4, 0.5) is 13.2 Å². The SMILES string of the molecule is CCSc1c2ccc(Cl)cc2nn1-c1nc2cc(C(F)(F)F)cnc2n1C. The largest absolute Gasteiger partial charge is 0.417 e. The van der Waals surface area contributed by atoms with Crippen molar-refractivity contribution < 1.29 is 13.2 Å². The molecule has 0 radical (unpaired) electrons. The van der Waals surface area contributed by atoms with Crippen LogP contribution >= 0.6 is 23.4 Å². The van der Waals surface area contributed by atoms with Crippen LogP contribution in [0.2, 0.25) is 5.02 Å². The van der Waals surface area contributed by atoms with Crippen LogP contribution in [0.25, 0.3) is 28.0 Å². The van der Waals surface area contributed by atoms with Crippen LogP contribution < -0.4 is 0 Å². The van der Waals surface area contributed by atoms with Gasteiger partial charge < -0.3 is 0 Å². The van der Waals surface area contributed by atoms with Gasteiger partial charge in [-0.1, -0.05) is 18.5 Å². The van der Waals surface area contributed by atoms with Crippen LogP contribution in [0.5, 0.6) is 0 Å². The van der Waals surface area contributed by atoms with Crippen molar-refractivity contribution >= 4 is 45.4 Å². The fourth-order valence-electron chi connectivity index (χ4n) is 2.86. The van der Waals surface area contributed by atoms with E-state index in [2.05, 4.69) is 15.1 Å². The van der Waals surface area contributed by atoms with E-state index in [1.54, 1.807) is 40.2 Å². The van der Waals surface area contributed by atoms with Crippen LogP contribution in [0.3, 0.4) is 0 Å². The Morgan fingerprint density at radius 1 is 1.19 bits per heavy atom. The van der Waals surface area contributed by atoms with Gasteiger partial charge in [0, 0.05) is 23.7 Å². The normalized spacial score (nSPS) is 12.4. The van der Waals surface area contributed by atoms with Crippen molar-refractivity contribution in [2.45, 2.75) is 18.1 Å². The lowest BCUT2D eigenvalue weighted by molar-refractivity contribution is -0.137. The number of fused-ring (bicyclic) bond motifs is 2. The second kappa shape index (κ2) is 6.42. The van der Waals surface area contributed by atoms with Crippen molar-refractivity contribution in [3.8, 4) is 5.95 Å². The maximum absolute atomic E-state index is 13.0. The Hall–Kier alpha value is -2.26. The summed E-state index contributed by atoms with van der Waals surface area (Å²) in [5.41, 5.74) is 0.366. The standard InChI is InChI=1S/C17H13ClF3N5S/c1-3-27-15-11-5-4-10(18)7-12(11)24-26(15)16-23-13-6-9(17(19,20)21)8-22-14(13)25(16)2/h4-8H,3H2,1-2H3. The highest BCUT2D eigenvalue weighted by molar-refractivity contribution is 7.99. The van der Waals surface area contributed by atoms with Gasteiger partial charge in [0.25, 0.3) is 0 Å². The summed E-state index contributed by atoms with van der Waals surface area (Å²) in [5.74, 6) is 1.18. The van der Waals surface area contributed by atoms with Gasteiger partial charge in [-0.2, -0.15) is 23.0 Å². The van der Waals surface area contributed by atoms with E-state index < -0.39 is 11.7 Å². The molecule has 0 saturated carbocycles. The number of rotatable bonds is 3. The average Bonchev–Trinajstić information content (AvgIpc) is 3.12.